The van der Waals surface area contributed by atoms with Gasteiger partial charge in [0.1, 0.15) is 5.82 Å². The summed E-state index contributed by atoms with van der Waals surface area (Å²) in [5, 5.41) is 0. The fraction of sp³-hybridized carbons (Fsp3) is 0.267. The van der Waals surface area contributed by atoms with E-state index < -0.39 is 0 Å². The summed E-state index contributed by atoms with van der Waals surface area (Å²) in [5.74, 6) is 1.46. The molecule has 1 aromatic heterocycles. The Labute approximate surface area is 113 Å². The number of hydrogen-bond acceptors (Lipinski definition) is 2. The van der Waals surface area contributed by atoms with Crippen molar-refractivity contribution >= 4 is 23.1 Å². The van der Waals surface area contributed by atoms with Crippen molar-refractivity contribution in [3.8, 4) is 0 Å². The summed E-state index contributed by atoms with van der Waals surface area (Å²) in [4.78, 5) is 6.65. The second-order valence-electron chi connectivity index (χ2n) is 4.24. The Bertz CT molecular complexity index is 508. The van der Waals surface area contributed by atoms with E-state index in [1.54, 1.807) is 0 Å². The van der Waals surface area contributed by atoms with Crippen molar-refractivity contribution in [3.63, 3.8) is 0 Å². The van der Waals surface area contributed by atoms with Gasteiger partial charge in [0.15, 0.2) is 0 Å². The zero-order valence-corrected chi connectivity index (χ0v) is 11.5. The Kier molecular flexibility index (Phi) is 4.21. The SMILES string of the molecule is CCN(c1cccc(C)c1)c1ccc(CCl)cn1. The molecule has 0 unspecified atom stereocenters. The molecular weight excluding hydrogens is 244 g/mol. The maximum Gasteiger partial charge on any atom is 0.132 e. The van der Waals surface area contributed by atoms with Crippen molar-refractivity contribution in [2.24, 2.45) is 0 Å². The Balaban J connectivity index is 2.32. The number of pyridine rings is 1. The van der Waals surface area contributed by atoms with Gasteiger partial charge >= 0.3 is 0 Å². The Hall–Kier alpha value is -1.54. The molecule has 0 aliphatic rings. The highest BCUT2D eigenvalue weighted by atomic mass is 35.5. The molecule has 0 bridgehead atoms. The van der Waals surface area contributed by atoms with Gasteiger partial charge in [-0.25, -0.2) is 4.98 Å². The molecule has 3 heteroatoms. The fourth-order valence-electron chi connectivity index (χ4n) is 1.93. The van der Waals surface area contributed by atoms with Crippen LogP contribution in [-0.4, -0.2) is 11.5 Å². The predicted molar refractivity (Wildman–Crippen MR) is 77.7 cm³/mol. The predicted octanol–water partition coefficient (Wildman–Crippen LogP) is 4.29. The third kappa shape index (κ3) is 2.82. The first-order chi connectivity index (χ1) is 8.74. The van der Waals surface area contributed by atoms with Crippen molar-refractivity contribution in [1.82, 2.24) is 4.98 Å². The molecule has 0 N–H and O–H groups in total. The zero-order chi connectivity index (χ0) is 13.0. The normalized spacial score (nSPS) is 10.4. The van der Waals surface area contributed by atoms with E-state index in [4.69, 9.17) is 11.6 Å². The van der Waals surface area contributed by atoms with E-state index >= 15 is 0 Å². The quantitative estimate of drug-likeness (QED) is 0.763. The molecule has 0 aliphatic heterocycles. The van der Waals surface area contributed by atoms with E-state index in [1.807, 2.05) is 18.3 Å². The summed E-state index contributed by atoms with van der Waals surface area (Å²) in [6.45, 7) is 5.11. The van der Waals surface area contributed by atoms with Crippen LogP contribution < -0.4 is 4.90 Å². The molecule has 2 rings (SSSR count). The van der Waals surface area contributed by atoms with Crippen molar-refractivity contribution in [1.29, 1.82) is 0 Å². The second-order valence-corrected chi connectivity index (χ2v) is 4.51. The minimum absolute atomic E-state index is 0.504. The van der Waals surface area contributed by atoms with Crippen molar-refractivity contribution in [2.45, 2.75) is 19.7 Å². The molecule has 0 atom stereocenters. The summed E-state index contributed by atoms with van der Waals surface area (Å²) in [6.07, 6.45) is 1.83. The lowest BCUT2D eigenvalue weighted by Crippen LogP contribution is -2.17. The van der Waals surface area contributed by atoms with E-state index in [9.17, 15) is 0 Å². The lowest BCUT2D eigenvalue weighted by atomic mass is 10.2. The van der Waals surface area contributed by atoms with Crippen LogP contribution >= 0.6 is 11.6 Å². The second kappa shape index (κ2) is 5.87. The molecule has 2 aromatic rings. The standard InChI is InChI=1S/C15H17ClN2/c1-3-18(14-6-4-5-12(2)9-14)15-8-7-13(10-16)11-17-15/h4-9,11H,3,10H2,1-2H3. The maximum atomic E-state index is 5.78. The molecular formula is C15H17ClN2. The van der Waals surface area contributed by atoms with Crippen LogP contribution in [0.5, 0.6) is 0 Å². The first kappa shape index (κ1) is 12.9. The van der Waals surface area contributed by atoms with Crippen LogP contribution in [0.3, 0.4) is 0 Å². The first-order valence-electron chi connectivity index (χ1n) is 6.09. The molecule has 0 amide bonds. The van der Waals surface area contributed by atoms with Gasteiger partial charge in [0.2, 0.25) is 0 Å². The van der Waals surface area contributed by atoms with E-state index in [1.165, 1.54) is 11.3 Å². The third-order valence-electron chi connectivity index (χ3n) is 2.87. The van der Waals surface area contributed by atoms with Crippen molar-refractivity contribution < 1.29 is 0 Å². The van der Waals surface area contributed by atoms with E-state index in [0.29, 0.717) is 5.88 Å². The topological polar surface area (TPSA) is 16.1 Å². The van der Waals surface area contributed by atoms with Gasteiger partial charge < -0.3 is 4.90 Å². The van der Waals surface area contributed by atoms with E-state index in [-0.39, 0.29) is 0 Å². The van der Waals surface area contributed by atoms with Crippen LogP contribution in [0.1, 0.15) is 18.1 Å². The van der Waals surface area contributed by atoms with Gasteiger partial charge in [-0.3, -0.25) is 0 Å². The molecule has 18 heavy (non-hydrogen) atoms. The molecule has 0 saturated heterocycles. The highest BCUT2D eigenvalue weighted by Gasteiger charge is 2.08. The first-order valence-corrected chi connectivity index (χ1v) is 6.63. The summed E-state index contributed by atoms with van der Waals surface area (Å²) in [5.41, 5.74) is 3.47. The minimum atomic E-state index is 0.504. The van der Waals surface area contributed by atoms with Gasteiger partial charge in [-0.05, 0) is 43.2 Å². The van der Waals surface area contributed by atoms with Crippen LogP contribution in [0.15, 0.2) is 42.6 Å². The van der Waals surface area contributed by atoms with Gasteiger partial charge in [-0.1, -0.05) is 18.2 Å². The average molecular weight is 261 g/mol. The maximum absolute atomic E-state index is 5.78. The van der Waals surface area contributed by atoms with Gasteiger partial charge in [0, 0.05) is 24.3 Å². The Morgan fingerprint density at radius 3 is 2.61 bits per heavy atom. The molecule has 0 radical (unpaired) electrons. The number of halogens is 1. The number of aromatic nitrogens is 1. The highest BCUT2D eigenvalue weighted by Crippen LogP contribution is 2.24. The number of aryl methyl sites for hydroxylation is 1. The minimum Gasteiger partial charge on any atom is -0.327 e. The summed E-state index contributed by atoms with van der Waals surface area (Å²) in [7, 11) is 0. The van der Waals surface area contributed by atoms with Crippen LogP contribution in [0.4, 0.5) is 11.5 Å². The van der Waals surface area contributed by atoms with Crippen LogP contribution in [0.2, 0.25) is 0 Å². The molecule has 2 nitrogen and oxygen atoms in total. The number of benzene rings is 1. The molecule has 94 valence electrons. The van der Waals surface area contributed by atoms with Crippen molar-refractivity contribution in [3.05, 3.63) is 53.7 Å². The van der Waals surface area contributed by atoms with Gasteiger partial charge in [0.05, 0.1) is 0 Å². The largest absolute Gasteiger partial charge is 0.327 e. The summed E-state index contributed by atoms with van der Waals surface area (Å²) in [6, 6.07) is 12.5. The molecule has 0 saturated carbocycles. The van der Waals surface area contributed by atoms with Crippen LogP contribution in [-0.2, 0) is 5.88 Å². The van der Waals surface area contributed by atoms with Gasteiger partial charge in [-0.2, -0.15) is 0 Å². The number of nitrogens with zero attached hydrogens (tertiary/aromatic N) is 2. The van der Waals surface area contributed by atoms with Gasteiger partial charge in [-0.15, -0.1) is 11.6 Å². The molecule has 1 aromatic carbocycles. The molecule has 0 fully saturated rings. The third-order valence-corrected chi connectivity index (χ3v) is 3.18. The smallest absolute Gasteiger partial charge is 0.132 e. The number of anilines is 2. The molecule has 0 spiro atoms. The Morgan fingerprint density at radius 2 is 2.06 bits per heavy atom. The van der Waals surface area contributed by atoms with E-state index in [2.05, 4.69) is 48.0 Å². The lowest BCUT2D eigenvalue weighted by Gasteiger charge is -2.22. The van der Waals surface area contributed by atoms with E-state index in [0.717, 1.165) is 17.9 Å². The monoisotopic (exact) mass is 260 g/mol. The zero-order valence-electron chi connectivity index (χ0n) is 10.7. The Morgan fingerprint density at radius 1 is 1.22 bits per heavy atom. The average Bonchev–Trinajstić information content (AvgIpc) is 2.40. The number of hydrogen-bond donors (Lipinski definition) is 0. The number of alkyl halides is 1. The van der Waals surface area contributed by atoms with Crippen LogP contribution in [0.25, 0.3) is 0 Å². The van der Waals surface area contributed by atoms with Crippen LogP contribution in [0, 0.1) is 6.92 Å². The van der Waals surface area contributed by atoms with Gasteiger partial charge in [0.25, 0.3) is 0 Å². The fourth-order valence-corrected chi connectivity index (χ4v) is 2.09. The summed E-state index contributed by atoms with van der Waals surface area (Å²) < 4.78 is 0. The highest BCUT2D eigenvalue weighted by molar-refractivity contribution is 6.17. The summed E-state index contributed by atoms with van der Waals surface area (Å²) >= 11 is 5.78. The molecule has 0 aliphatic carbocycles. The lowest BCUT2D eigenvalue weighted by molar-refractivity contribution is 0.985. The molecule has 1 heterocycles. The van der Waals surface area contributed by atoms with Crippen molar-refractivity contribution in [2.75, 3.05) is 11.4 Å². The number of rotatable bonds is 4.